The van der Waals surface area contributed by atoms with Crippen molar-refractivity contribution in [1.82, 2.24) is 9.97 Å². The molecule has 6 nitrogen and oxygen atoms in total. The number of aliphatic hydroxyl groups excluding tert-OH is 1. The Balaban J connectivity index is 1.79. The Hall–Kier alpha value is -2.51. The van der Waals surface area contributed by atoms with Gasteiger partial charge in [0.15, 0.2) is 0 Å². The van der Waals surface area contributed by atoms with Gasteiger partial charge in [-0.3, -0.25) is 0 Å². The van der Waals surface area contributed by atoms with E-state index in [9.17, 15) is 15.0 Å². The third kappa shape index (κ3) is 3.15. The molecule has 0 radical (unpaired) electrons. The standard InChI is InChI=1S/C19H19N3O3S/c23-10-13(19(24)25)20-17-16-12-7-4-8-14(12)26-18(16)22-15(21-17)9-11-5-2-1-3-6-11/h1-3,5-6,13,23H,4,7-10H2,(H,24,25)(H,20,21,22). The summed E-state index contributed by atoms with van der Waals surface area (Å²) in [6.07, 6.45) is 3.67. The molecule has 0 spiro atoms. The highest BCUT2D eigenvalue weighted by atomic mass is 32.1. The van der Waals surface area contributed by atoms with Crippen molar-refractivity contribution in [2.45, 2.75) is 31.7 Å². The Morgan fingerprint density at radius 3 is 2.77 bits per heavy atom. The summed E-state index contributed by atoms with van der Waals surface area (Å²) in [6.45, 7) is -0.499. The summed E-state index contributed by atoms with van der Waals surface area (Å²) in [5, 5.41) is 22.5. The fraction of sp³-hybridized carbons (Fsp3) is 0.316. The lowest BCUT2D eigenvalue weighted by Crippen LogP contribution is -2.33. The minimum atomic E-state index is -1.10. The highest BCUT2D eigenvalue weighted by Gasteiger charge is 2.25. The predicted octanol–water partition coefficient (Wildman–Crippen LogP) is 2.63. The van der Waals surface area contributed by atoms with Crippen LogP contribution < -0.4 is 5.32 Å². The molecule has 4 rings (SSSR count). The quantitative estimate of drug-likeness (QED) is 0.618. The molecule has 2 heterocycles. The molecule has 1 aliphatic rings. The van der Waals surface area contributed by atoms with Crippen LogP contribution in [0.5, 0.6) is 0 Å². The molecule has 7 heteroatoms. The zero-order valence-electron chi connectivity index (χ0n) is 14.1. The van der Waals surface area contributed by atoms with Crippen LogP contribution in [-0.4, -0.2) is 38.8 Å². The van der Waals surface area contributed by atoms with E-state index in [-0.39, 0.29) is 0 Å². The van der Waals surface area contributed by atoms with E-state index in [1.165, 1.54) is 10.4 Å². The molecule has 0 aliphatic heterocycles. The molecule has 2 aromatic heterocycles. The molecular weight excluding hydrogens is 350 g/mol. The lowest BCUT2D eigenvalue weighted by atomic mass is 10.1. The number of benzene rings is 1. The van der Waals surface area contributed by atoms with Crippen molar-refractivity contribution >= 4 is 33.3 Å². The van der Waals surface area contributed by atoms with Gasteiger partial charge in [0.25, 0.3) is 0 Å². The second-order valence-corrected chi connectivity index (χ2v) is 7.49. The van der Waals surface area contributed by atoms with Gasteiger partial charge >= 0.3 is 5.97 Å². The average Bonchev–Trinajstić information content (AvgIpc) is 3.20. The third-order valence-electron chi connectivity index (χ3n) is 4.61. The van der Waals surface area contributed by atoms with Crippen LogP contribution in [0.15, 0.2) is 30.3 Å². The van der Waals surface area contributed by atoms with Crippen LogP contribution in [-0.2, 0) is 24.1 Å². The molecule has 0 bridgehead atoms. The largest absolute Gasteiger partial charge is 0.480 e. The van der Waals surface area contributed by atoms with Crippen LogP contribution >= 0.6 is 11.3 Å². The van der Waals surface area contributed by atoms with Gasteiger partial charge in [-0.1, -0.05) is 30.3 Å². The maximum Gasteiger partial charge on any atom is 0.328 e. The first-order valence-corrected chi connectivity index (χ1v) is 9.42. The first kappa shape index (κ1) is 16.9. The number of aliphatic carboxylic acids is 1. The molecule has 1 aromatic carbocycles. The number of nitrogens with zero attached hydrogens (tertiary/aromatic N) is 2. The van der Waals surface area contributed by atoms with E-state index in [1.54, 1.807) is 11.3 Å². The zero-order chi connectivity index (χ0) is 18.1. The van der Waals surface area contributed by atoms with Crippen molar-refractivity contribution in [3.63, 3.8) is 0 Å². The van der Waals surface area contributed by atoms with Gasteiger partial charge in [-0.2, -0.15) is 0 Å². The van der Waals surface area contributed by atoms with E-state index < -0.39 is 18.6 Å². The number of aromatic nitrogens is 2. The molecule has 0 amide bonds. The second-order valence-electron chi connectivity index (χ2n) is 6.41. The minimum Gasteiger partial charge on any atom is -0.480 e. The predicted molar refractivity (Wildman–Crippen MR) is 101 cm³/mol. The summed E-state index contributed by atoms with van der Waals surface area (Å²) >= 11 is 1.67. The Bertz CT molecular complexity index is 956. The number of hydrogen-bond donors (Lipinski definition) is 3. The molecule has 1 unspecified atom stereocenters. The van der Waals surface area contributed by atoms with Gasteiger partial charge in [0.2, 0.25) is 0 Å². The van der Waals surface area contributed by atoms with Gasteiger partial charge in [0.1, 0.15) is 22.5 Å². The van der Waals surface area contributed by atoms with E-state index in [1.807, 2.05) is 30.3 Å². The van der Waals surface area contributed by atoms with E-state index in [4.69, 9.17) is 4.98 Å². The summed E-state index contributed by atoms with van der Waals surface area (Å²) in [5.41, 5.74) is 2.32. The van der Waals surface area contributed by atoms with Crippen molar-refractivity contribution in [1.29, 1.82) is 0 Å². The molecule has 1 aliphatic carbocycles. The lowest BCUT2D eigenvalue weighted by Gasteiger charge is -2.15. The van der Waals surface area contributed by atoms with E-state index in [0.29, 0.717) is 18.1 Å². The number of hydrogen-bond acceptors (Lipinski definition) is 6. The number of thiophene rings is 1. The number of fused-ring (bicyclic) bond motifs is 3. The van der Waals surface area contributed by atoms with Gasteiger partial charge < -0.3 is 15.5 Å². The molecule has 0 saturated carbocycles. The summed E-state index contributed by atoms with van der Waals surface area (Å²) in [5.74, 6) is 0.0609. The molecule has 134 valence electrons. The van der Waals surface area contributed by atoms with Crippen LogP contribution in [0.3, 0.4) is 0 Å². The number of aryl methyl sites for hydroxylation is 2. The Morgan fingerprint density at radius 2 is 2.04 bits per heavy atom. The van der Waals surface area contributed by atoms with Crippen LogP contribution in [0.25, 0.3) is 10.2 Å². The van der Waals surface area contributed by atoms with Gasteiger partial charge in [-0.25, -0.2) is 14.8 Å². The molecular formula is C19H19N3O3S. The monoisotopic (exact) mass is 369 g/mol. The van der Waals surface area contributed by atoms with Crippen molar-refractivity contribution in [2.24, 2.45) is 0 Å². The number of carbonyl (C=O) groups is 1. The molecule has 3 aromatic rings. The number of carboxylic acids is 1. The maximum absolute atomic E-state index is 11.4. The van der Waals surface area contributed by atoms with E-state index in [0.717, 1.165) is 35.0 Å². The van der Waals surface area contributed by atoms with E-state index in [2.05, 4.69) is 10.3 Å². The van der Waals surface area contributed by atoms with Crippen LogP contribution in [0.1, 0.15) is 28.2 Å². The first-order valence-electron chi connectivity index (χ1n) is 8.61. The maximum atomic E-state index is 11.4. The number of nitrogens with one attached hydrogen (secondary N) is 1. The molecule has 3 N–H and O–H groups in total. The number of anilines is 1. The summed E-state index contributed by atoms with van der Waals surface area (Å²) in [7, 11) is 0. The van der Waals surface area contributed by atoms with Crippen LogP contribution in [0.2, 0.25) is 0 Å². The van der Waals surface area contributed by atoms with Gasteiger partial charge in [-0.15, -0.1) is 11.3 Å². The smallest absolute Gasteiger partial charge is 0.328 e. The normalized spacial score (nSPS) is 14.3. The number of carboxylic acid groups (broad SMARTS) is 1. The fourth-order valence-corrected chi connectivity index (χ4v) is 4.63. The van der Waals surface area contributed by atoms with Gasteiger partial charge in [-0.05, 0) is 30.4 Å². The Labute approximate surface area is 154 Å². The zero-order valence-corrected chi connectivity index (χ0v) is 14.9. The Morgan fingerprint density at radius 1 is 1.23 bits per heavy atom. The summed E-state index contributed by atoms with van der Waals surface area (Å²) in [6, 6.07) is 8.85. The molecule has 0 saturated heterocycles. The van der Waals surface area contributed by atoms with E-state index >= 15 is 0 Å². The van der Waals surface area contributed by atoms with Crippen LogP contribution in [0.4, 0.5) is 5.82 Å². The number of aliphatic hydroxyl groups is 1. The highest BCUT2D eigenvalue weighted by Crippen LogP contribution is 2.39. The number of rotatable bonds is 6. The van der Waals surface area contributed by atoms with Gasteiger partial charge in [0.05, 0.1) is 12.0 Å². The van der Waals surface area contributed by atoms with Crippen LogP contribution in [0, 0.1) is 0 Å². The molecule has 26 heavy (non-hydrogen) atoms. The summed E-state index contributed by atoms with van der Waals surface area (Å²) in [4.78, 5) is 22.9. The lowest BCUT2D eigenvalue weighted by molar-refractivity contribution is -0.138. The van der Waals surface area contributed by atoms with Crippen molar-refractivity contribution in [2.75, 3.05) is 11.9 Å². The van der Waals surface area contributed by atoms with Crippen molar-refractivity contribution in [3.8, 4) is 0 Å². The second kappa shape index (κ2) is 7.01. The molecule has 1 atom stereocenters. The average molecular weight is 369 g/mol. The SMILES string of the molecule is O=C(O)C(CO)Nc1nc(Cc2ccccc2)nc2sc3c(c12)CCC3. The third-order valence-corrected chi connectivity index (χ3v) is 5.79. The molecule has 0 fully saturated rings. The fourth-order valence-electron chi connectivity index (χ4n) is 3.35. The Kier molecular flexibility index (Phi) is 4.57. The summed E-state index contributed by atoms with van der Waals surface area (Å²) < 4.78 is 0. The van der Waals surface area contributed by atoms with Gasteiger partial charge in [0, 0.05) is 11.3 Å². The highest BCUT2D eigenvalue weighted by molar-refractivity contribution is 7.19. The minimum absolute atomic E-state index is 0.499. The van der Waals surface area contributed by atoms with Crippen molar-refractivity contribution in [3.05, 3.63) is 52.2 Å². The van der Waals surface area contributed by atoms with Crippen molar-refractivity contribution < 1.29 is 15.0 Å². The topological polar surface area (TPSA) is 95.3 Å². The first-order chi connectivity index (χ1) is 12.7.